The van der Waals surface area contributed by atoms with Gasteiger partial charge in [-0.3, -0.25) is 4.79 Å². The van der Waals surface area contributed by atoms with Crippen LogP contribution in [0.15, 0.2) is 30.9 Å². The number of carbonyl (C=O) groups excluding carboxylic acids is 1. The highest BCUT2D eigenvalue weighted by Gasteiger charge is 2.17. The molecule has 4 N–H and O–H groups in total. The average molecular weight is 264 g/mol. The van der Waals surface area contributed by atoms with E-state index in [2.05, 4.69) is 11.9 Å². The number of nitrogens with one attached hydrogen (secondary N) is 1. The van der Waals surface area contributed by atoms with Gasteiger partial charge in [0.2, 0.25) is 5.91 Å². The number of benzene rings is 1. The van der Waals surface area contributed by atoms with Crippen molar-refractivity contribution in [3.05, 3.63) is 36.4 Å². The molecule has 1 aromatic carbocycles. The van der Waals surface area contributed by atoms with Gasteiger partial charge < -0.3 is 20.9 Å². The van der Waals surface area contributed by atoms with E-state index < -0.39 is 17.9 Å². The number of hydrogen-bond acceptors (Lipinski definition) is 4. The van der Waals surface area contributed by atoms with Crippen molar-refractivity contribution in [2.75, 3.05) is 12.4 Å². The third-order valence-electron chi connectivity index (χ3n) is 2.47. The predicted octanol–water partition coefficient (Wildman–Crippen LogP) is 1.24. The van der Waals surface area contributed by atoms with Crippen LogP contribution < -0.4 is 15.8 Å². The number of ether oxygens (including phenoxy) is 1. The zero-order chi connectivity index (χ0) is 14.4. The number of anilines is 1. The van der Waals surface area contributed by atoms with Gasteiger partial charge in [-0.2, -0.15) is 0 Å². The van der Waals surface area contributed by atoms with Crippen LogP contribution in [0.1, 0.15) is 16.8 Å². The second-order valence-corrected chi connectivity index (χ2v) is 3.84. The molecule has 0 radical (unpaired) electrons. The van der Waals surface area contributed by atoms with Gasteiger partial charge in [0.15, 0.2) is 0 Å². The Hall–Kier alpha value is -2.34. The van der Waals surface area contributed by atoms with E-state index in [4.69, 9.17) is 15.6 Å². The first-order valence-electron chi connectivity index (χ1n) is 5.58. The van der Waals surface area contributed by atoms with E-state index in [1.807, 2.05) is 0 Å². The average Bonchev–Trinajstić information content (AvgIpc) is 2.39. The molecule has 0 aliphatic heterocycles. The first-order chi connectivity index (χ1) is 8.99. The van der Waals surface area contributed by atoms with Gasteiger partial charge in [0.05, 0.1) is 24.4 Å². The maximum atomic E-state index is 11.7. The van der Waals surface area contributed by atoms with Gasteiger partial charge in [-0.05, 0) is 24.6 Å². The molecule has 0 saturated carbocycles. The molecule has 0 aliphatic carbocycles. The van der Waals surface area contributed by atoms with Gasteiger partial charge in [-0.1, -0.05) is 6.08 Å². The summed E-state index contributed by atoms with van der Waals surface area (Å²) < 4.78 is 4.94. The maximum Gasteiger partial charge on any atom is 0.337 e. The molecule has 1 atom stereocenters. The number of carboxylic acids is 1. The summed E-state index contributed by atoms with van der Waals surface area (Å²) in [6.07, 6.45) is 1.83. The third-order valence-corrected chi connectivity index (χ3v) is 2.47. The summed E-state index contributed by atoms with van der Waals surface area (Å²) in [5, 5.41) is 11.6. The molecule has 1 amide bonds. The van der Waals surface area contributed by atoms with Crippen molar-refractivity contribution >= 4 is 17.6 Å². The molecule has 102 valence electrons. The fourth-order valence-electron chi connectivity index (χ4n) is 1.45. The molecule has 0 bridgehead atoms. The molecule has 0 spiro atoms. The molecule has 0 aliphatic rings. The van der Waals surface area contributed by atoms with Crippen molar-refractivity contribution in [2.45, 2.75) is 12.5 Å². The van der Waals surface area contributed by atoms with E-state index in [1.165, 1.54) is 25.3 Å². The summed E-state index contributed by atoms with van der Waals surface area (Å²) >= 11 is 0. The number of methoxy groups -OCH3 is 1. The fraction of sp³-hybridized carbons (Fsp3) is 0.231. The van der Waals surface area contributed by atoms with Gasteiger partial charge >= 0.3 is 5.97 Å². The van der Waals surface area contributed by atoms with E-state index in [9.17, 15) is 9.59 Å². The molecule has 0 heterocycles. The van der Waals surface area contributed by atoms with E-state index in [1.54, 1.807) is 6.07 Å². The number of nitrogens with two attached hydrogens (primary N) is 1. The standard InChI is InChI=1S/C13H16N2O4/c1-3-4-10(14)12(16)15-11-6-5-8(19-2)7-9(11)13(17)18/h3,5-7,10H,1,4,14H2,2H3,(H,15,16)(H,17,18). The highest BCUT2D eigenvalue weighted by Crippen LogP contribution is 2.22. The summed E-state index contributed by atoms with van der Waals surface area (Å²) in [5.74, 6) is -1.23. The van der Waals surface area contributed by atoms with Crippen LogP contribution in [0.3, 0.4) is 0 Å². The fourth-order valence-corrected chi connectivity index (χ4v) is 1.45. The Morgan fingerprint density at radius 3 is 2.79 bits per heavy atom. The number of aromatic carboxylic acids is 1. The number of carbonyl (C=O) groups is 2. The lowest BCUT2D eigenvalue weighted by Gasteiger charge is -2.13. The Bertz CT molecular complexity index is 499. The van der Waals surface area contributed by atoms with Crippen molar-refractivity contribution < 1.29 is 19.4 Å². The minimum Gasteiger partial charge on any atom is -0.497 e. The van der Waals surface area contributed by atoms with Crippen molar-refractivity contribution in [3.8, 4) is 5.75 Å². The summed E-state index contributed by atoms with van der Waals surface area (Å²) in [5.41, 5.74) is 5.72. The van der Waals surface area contributed by atoms with Gasteiger partial charge in [-0.25, -0.2) is 4.79 Å². The maximum absolute atomic E-state index is 11.7. The molecular weight excluding hydrogens is 248 g/mol. The smallest absolute Gasteiger partial charge is 0.337 e. The van der Waals surface area contributed by atoms with Crippen LogP contribution >= 0.6 is 0 Å². The van der Waals surface area contributed by atoms with Gasteiger partial charge in [0, 0.05) is 0 Å². The molecule has 1 unspecified atom stereocenters. The van der Waals surface area contributed by atoms with Crippen molar-refractivity contribution in [1.82, 2.24) is 0 Å². The molecular formula is C13H16N2O4. The van der Waals surface area contributed by atoms with Crippen molar-refractivity contribution in [3.63, 3.8) is 0 Å². The predicted molar refractivity (Wildman–Crippen MR) is 71.4 cm³/mol. The lowest BCUT2D eigenvalue weighted by molar-refractivity contribution is -0.117. The van der Waals surface area contributed by atoms with Gasteiger partial charge in [-0.15, -0.1) is 6.58 Å². The Balaban J connectivity index is 2.97. The molecule has 19 heavy (non-hydrogen) atoms. The Labute approximate surface area is 110 Å². The van der Waals surface area contributed by atoms with E-state index in [0.29, 0.717) is 12.2 Å². The SMILES string of the molecule is C=CCC(N)C(=O)Nc1ccc(OC)cc1C(=O)O. The second-order valence-electron chi connectivity index (χ2n) is 3.84. The number of rotatable bonds is 6. The highest BCUT2D eigenvalue weighted by molar-refractivity contribution is 6.02. The minimum atomic E-state index is -1.16. The summed E-state index contributed by atoms with van der Waals surface area (Å²) in [6.45, 7) is 3.49. The van der Waals surface area contributed by atoms with Crippen LogP contribution in [0.25, 0.3) is 0 Å². The summed E-state index contributed by atoms with van der Waals surface area (Å²) in [4.78, 5) is 22.8. The minimum absolute atomic E-state index is 0.0569. The van der Waals surface area contributed by atoms with Gasteiger partial charge in [0.25, 0.3) is 0 Å². The first-order valence-corrected chi connectivity index (χ1v) is 5.58. The van der Waals surface area contributed by atoms with E-state index in [0.717, 1.165) is 0 Å². The van der Waals surface area contributed by atoms with Crippen LogP contribution in [-0.4, -0.2) is 30.1 Å². The quantitative estimate of drug-likeness (QED) is 0.671. The van der Waals surface area contributed by atoms with E-state index in [-0.39, 0.29) is 11.3 Å². The zero-order valence-corrected chi connectivity index (χ0v) is 10.6. The molecule has 1 aromatic rings. The number of amides is 1. The Kier molecular flexibility index (Phi) is 5.08. The Morgan fingerprint density at radius 2 is 2.26 bits per heavy atom. The largest absolute Gasteiger partial charge is 0.497 e. The van der Waals surface area contributed by atoms with Crippen LogP contribution in [0, 0.1) is 0 Å². The molecule has 6 heteroatoms. The van der Waals surface area contributed by atoms with Crippen molar-refractivity contribution in [1.29, 1.82) is 0 Å². The molecule has 0 fully saturated rings. The molecule has 0 aromatic heterocycles. The molecule has 1 rings (SSSR count). The van der Waals surface area contributed by atoms with E-state index >= 15 is 0 Å². The lowest BCUT2D eigenvalue weighted by Crippen LogP contribution is -2.35. The lowest BCUT2D eigenvalue weighted by atomic mass is 10.1. The number of hydrogen-bond donors (Lipinski definition) is 3. The van der Waals surface area contributed by atoms with Crippen LogP contribution in [0.2, 0.25) is 0 Å². The topological polar surface area (TPSA) is 102 Å². The normalized spacial score (nSPS) is 11.5. The summed E-state index contributed by atoms with van der Waals surface area (Å²) in [6, 6.07) is 3.58. The zero-order valence-electron chi connectivity index (χ0n) is 10.6. The summed E-state index contributed by atoms with van der Waals surface area (Å²) in [7, 11) is 1.43. The monoisotopic (exact) mass is 264 g/mol. The molecule has 0 saturated heterocycles. The second kappa shape index (κ2) is 6.55. The van der Waals surface area contributed by atoms with Crippen LogP contribution in [0.5, 0.6) is 5.75 Å². The first kappa shape index (κ1) is 14.7. The van der Waals surface area contributed by atoms with Crippen molar-refractivity contribution in [2.24, 2.45) is 5.73 Å². The van der Waals surface area contributed by atoms with Crippen LogP contribution in [-0.2, 0) is 4.79 Å². The Morgan fingerprint density at radius 1 is 1.58 bits per heavy atom. The van der Waals surface area contributed by atoms with Crippen LogP contribution in [0.4, 0.5) is 5.69 Å². The third kappa shape index (κ3) is 3.82. The van der Waals surface area contributed by atoms with Gasteiger partial charge in [0.1, 0.15) is 5.75 Å². The number of carboxylic acid groups (broad SMARTS) is 1. The highest BCUT2D eigenvalue weighted by atomic mass is 16.5. The molecule has 6 nitrogen and oxygen atoms in total.